The zero-order valence-electron chi connectivity index (χ0n) is 19.3. The van der Waals surface area contributed by atoms with Crippen LogP contribution in [0.5, 0.6) is 17.4 Å². The molecule has 0 saturated carbocycles. The topological polar surface area (TPSA) is 152 Å². The van der Waals surface area contributed by atoms with Gasteiger partial charge in [0.05, 0.1) is 18.5 Å². The lowest BCUT2D eigenvalue weighted by Crippen LogP contribution is -2.42. The Bertz CT molecular complexity index is 1080. The number of ether oxygens (including phenoxy) is 2. The smallest absolute Gasteiger partial charge is 0.279 e. The number of rotatable bonds is 9. The molecule has 1 aliphatic heterocycles. The summed E-state index contributed by atoms with van der Waals surface area (Å²) in [5, 5.41) is 12.5. The summed E-state index contributed by atoms with van der Waals surface area (Å²) in [7, 11) is 1.69. The van der Waals surface area contributed by atoms with Gasteiger partial charge in [-0.15, -0.1) is 0 Å². The van der Waals surface area contributed by atoms with Crippen molar-refractivity contribution >= 4 is 17.6 Å². The molecular formula is C23H28N6O5. The molecule has 0 radical (unpaired) electrons. The van der Waals surface area contributed by atoms with Crippen LogP contribution in [0, 0.1) is 0 Å². The van der Waals surface area contributed by atoms with E-state index in [-0.39, 0.29) is 40.4 Å². The Labute approximate surface area is 197 Å². The summed E-state index contributed by atoms with van der Waals surface area (Å²) in [4.78, 5) is 38.7. The summed E-state index contributed by atoms with van der Waals surface area (Å²) in [6, 6.07) is 4.49. The molecule has 3 rings (SSSR count). The molecule has 11 nitrogen and oxygen atoms in total. The number of carbonyl (C=O) groups is 2. The first-order valence-electron chi connectivity index (χ1n) is 10.8. The van der Waals surface area contributed by atoms with Crippen molar-refractivity contribution in [3.05, 3.63) is 54.1 Å². The third kappa shape index (κ3) is 6.51. The highest BCUT2D eigenvalue weighted by atomic mass is 16.5. The molecule has 1 aromatic carbocycles. The van der Waals surface area contributed by atoms with Crippen LogP contribution in [0.1, 0.15) is 41.1 Å². The average molecular weight is 469 g/mol. The van der Waals surface area contributed by atoms with E-state index < -0.39 is 18.1 Å². The van der Waals surface area contributed by atoms with Gasteiger partial charge in [0.1, 0.15) is 29.1 Å². The highest BCUT2D eigenvalue weighted by molar-refractivity contribution is 6.06. The zero-order chi connectivity index (χ0) is 24.7. The molecule has 180 valence electrons. The molecule has 4 N–H and O–H groups in total. The molecule has 0 aliphatic carbocycles. The number of amides is 2. The fourth-order valence-electron chi connectivity index (χ4n) is 2.80. The number of aliphatic imine (C=N–C) groups is 1. The quantitative estimate of drug-likeness (QED) is 0.367. The summed E-state index contributed by atoms with van der Waals surface area (Å²) in [5.74, 6) is -0.137. The van der Waals surface area contributed by atoms with E-state index in [1.807, 2.05) is 0 Å². The molecule has 0 spiro atoms. The van der Waals surface area contributed by atoms with Crippen molar-refractivity contribution < 1.29 is 24.2 Å². The molecule has 34 heavy (non-hydrogen) atoms. The Morgan fingerprint density at radius 3 is 2.53 bits per heavy atom. The molecule has 2 aromatic rings. The summed E-state index contributed by atoms with van der Waals surface area (Å²) in [6.07, 6.45) is 5.36. The van der Waals surface area contributed by atoms with Crippen molar-refractivity contribution in [1.29, 1.82) is 0 Å². The molecule has 11 heteroatoms. The lowest BCUT2D eigenvalue weighted by Gasteiger charge is -2.30. The first-order valence-corrected chi connectivity index (χ1v) is 10.8. The molecule has 2 amide bonds. The highest BCUT2D eigenvalue weighted by Gasteiger charge is 2.23. The molecule has 0 unspecified atom stereocenters. The lowest BCUT2D eigenvalue weighted by atomic mass is 10.2. The fourth-order valence-corrected chi connectivity index (χ4v) is 2.80. The zero-order valence-corrected chi connectivity index (χ0v) is 19.3. The number of likely N-dealkylation sites (tertiary alicyclic amines) is 1. The van der Waals surface area contributed by atoms with E-state index in [9.17, 15) is 14.7 Å². The fraction of sp³-hybridized carbons (Fsp3) is 0.348. The predicted molar refractivity (Wildman–Crippen MR) is 125 cm³/mol. The second-order valence-electron chi connectivity index (χ2n) is 7.71. The molecule has 1 fully saturated rings. The van der Waals surface area contributed by atoms with Gasteiger partial charge in [0, 0.05) is 31.8 Å². The number of aliphatic hydroxyl groups is 1. The van der Waals surface area contributed by atoms with Crippen LogP contribution in [-0.2, 0) is 0 Å². The Morgan fingerprint density at radius 2 is 1.94 bits per heavy atom. The summed E-state index contributed by atoms with van der Waals surface area (Å²) < 4.78 is 11.5. The largest absolute Gasteiger partial charge is 0.488 e. The van der Waals surface area contributed by atoms with Crippen LogP contribution < -0.4 is 20.5 Å². The van der Waals surface area contributed by atoms with Crippen LogP contribution in [0.25, 0.3) is 0 Å². The molecule has 0 bridgehead atoms. The van der Waals surface area contributed by atoms with Crippen LogP contribution in [-0.4, -0.2) is 70.0 Å². The lowest BCUT2D eigenvalue weighted by molar-refractivity contribution is 0.0602. The number of aliphatic hydroxyl groups excluding tert-OH is 1. The van der Waals surface area contributed by atoms with E-state index in [0.717, 1.165) is 6.42 Å². The van der Waals surface area contributed by atoms with Crippen molar-refractivity contribution in [1.82, 2.24) is 20.2 Å². The summed E-state index contributed by atoms with van der Waals surface area (Å²) in [5.41, 5.74) is 6.13. The van der Waals surface area contributed by atoms with Gasteiger partial charge in [-0.05, 0) is 44.7 Å². The van der Waals surface area contributed by atoms with Gasteiger partial charge in [-0.2, -0.15) is 4.99 Å². The number of hydrogen-bond donors (Lipinski definition) is 3. The normalized spacial score (nSPS) is 15.4. The summed E-state index contributed by atoms with van der Waals surface area (Å²) in [6.45, 7) is 4.71. The number of carbonyl (C=O) groups excluding carboxylic acids is 2. The molecule has 1 aromatic heterocycles. The van der Waals surface area contributed by atoms with Gasteiger partial charge in [-0.1, -0.05) is 0 Å². The monoisotopic (exact) mass is 468 g/mol. The van der Waals surface area contributed by atoms with Crippen LogP contribution in [0.15, 0.2) is 47.9 Å². The number of nitrogens with zero attached hydrogens (tertiary/aromatic N) is 4. The number of benzene rings is 1. The first-order chi connectivity index (χ1) is 16.3. The van der Waals surface area contributed by atoms with Gasteiger partial charge < -0.3 is 30.5 Å². The van der Waals surface area contributed by atoms with Crippen molar-refractivity contribution in [2.24, 2.45) is 10.7 Å². The van der Waals surface area contributed by atoms with Crippen LogP contribution >= 0.6 is 0 Å². The number of hydrogen-bond acceptors (Lipinski definition) is 8. The third-order valence-corrected chi connectivity index (χ3v) is 4.99. The maximum atomic E-state index is 12.7. The number of amidine groups is 1. The second kappa shape index (κ2) is 11.2. The molecule has 2 atom stereocenters. The van der Waals surface area contributed by atoms with Gasteiger partial charge in [-0.3, -0.25) is 9.59 Å². The van der Waals surface area contributed by atoms with Gasteiger partial charge in [-0.25, -0.2) is 9.97 Å². The molecule has 2 heterocycles. The van der Waals surface area contributed by atoms with Gasteiger partial charge in [0.25, 0.3) is 11.8 Å². The SMILES string of the molecule is CN/C=C\C(N)=NC(=O)c1cc(Oc2cnc(C(=O)N3CCC3)cn2)cc(O[C@@H](C)[C@H](C)O)c1. The van der Waals surface area contributed by atoms with E-state index in [1.165, 1.54) is 30.6 Å². The minimum absolute atomic E-state index is 0.0128. The van der Waals surface area contributed by atoms with Crippen LogP contribution in [0.2, 0.25) is 0 Å². The van der Waals surface area contributed by atoms with E-state index >= 15 is 0 Å². The Balaban J connectivity index is 1.84. The summed E-state index contributed by atoms with van der Waals surface area (Å²) >= 11 is 0. The van der Waals surface area contributed by atoms with Crippen LogP contribution in [0.4, 0.5) is 0 Å². The first kappa shape index (κ1) is 24.6. The highest BCUT2D eigenvalue weighted by Crippen LogP contribution is 2.28. The average Bonchev–Trinajstić information content (AvgIpc) is 2.76. The Hall–Kier alpha value is -3.99. The Kier molecular flexibility index (Phi) is 8.14. The molecule has 1 saturated heterocycles. The Morgan fingerprint density at radius 1 is 1.21 bits per heavy atom. The van der Waals surface area contributed by atoms with Crippen molar-refractivity contribution in [3.63, 3.8) is 0 Å². The van der Waals surface area contributed by atoms with Crippen LogP contribution in [0.3, 0.4) is 0 Å². The number of nitrogens with two attached hydrogens (primary N) is 1. The maximum Gasteiger partial charge on any atom is 0.279 e. The van der Waals surface area contributed by atoms with E-state index in [2.05, 4.69) is 20.3 Å². The number of nitrogens with one attached hydrogen (secondary N) is 1. The maximum absolute atomic E-state index is 12.7. The minimum Gasteiger partial charge on any atom is -0.488 e. The molecule has 1 aliphatic rings. The van der Waals surface area contributed by atoms with Gasteiger partial charge in [0.2, 0.25) is 5.88 Å². The van der Waals surface area contributed by atoms with Gasteiger partial charge in [0.15, 0.2) is 0 Å². The minimum atomic E-state index is -0.744. The number of aromatic nitrogens is 2. The van der Waals surface area contributed by atoms with Crippen molar-refractivity contribution in [2.45, 2.75) is 32.5 Å². The van der Waals surface area contributed by atoms with Crippen molar-refractivity contribution in [2.75, 3.05) is 20.1 Å². The predicted octanol–water partition coefficient (Wildman–Crippen LogP) is 1.49. The standard InChI is InChI=1S/C23H28N6O5/c1-14(30)15(2)33-17-9-16(22(31)28-20(24)5-6-25-3)10-18(11-17)34-21-13-26-19(12-27-21)23(32)29-7-4-8-29/h5-6,9-15,25,30H,4,7-8H2,1-3H3,(H2,24,28,31)/b6-5-/t14-,15-/m0/s1. The van der Waals surface area contributed by atoms with Gasteiger partial charge >= 0.3 is 0 Å². The van der Waals surface area contributed by atoms with Crippen molar-refractivity contribution in [3.8, 4) is 17.4 Å². The third-order valence-electron chi connectivity index (χ3n) is 4.99. The van der Waals surface area contributed by atoms with E-state index in [0.29, 0.717) is 13.1 Å². The molecular weight excluding hydrogens is 440 g/mol. The second-order valence-corrected chi connectivity index (χ2v) is 7.71. The van der Waals surface area contributed by atoms with E-state index in [1.54, 1.807) is 38.1 Å². The van der Waals surface area contributed by atoms with E-state index in [4.69, 9.17) is 15.2 Å².